The summed E-state index contributed by atoms with van der Waals surface area (Å²) in [5.74, 6) is 0.341. The van der Waals surface area contributed by atoms with Crippen molar-refractivity contribution in [2.24, 2.45) is 0 Å². The number of hydrogen-bond donors (Lipinski definition) is 1. The molecule has 1 atom stereocenters. The Morgan fingerprint density at radius 2 is 1.82 bits per heavy atom. The number of benzene rings is 2. The van der Waals surface area contributed by atoms with E-state index in [0.29, 0.717) is 16.7 Å². The molecule has 1 heterocycles. The average Bonchev–Trinajstić information content (AvgIpc) is 2.67. The average molecular weight is 248 g/mol. The molecule has 17 heavy (non-hydrogen) atoms. The van der Waals surface area contributed by atoms with Crippen LogP contribution in [0.2, 0.25) is 0 Å². The van der Waals surface area contributed by atoms with E-state index in [-0.39, 0.29) is 0 Å². The summed E-state index contributed by atoms with van der Waals surface area (Å²) >= 11 is -2.34. The van der Waals surface area contributed by atoms with E-state index in [4.69, 9.17) is 13.2 Å². The Balaban J connectivity index is 2.39. The molecule has 5 heteroatoms. The lowest BCUT2D eigenvalue weighted by Crippen LogP contribution is -1.97. The largest absolute Gasteiger partial charge is 0.456 e. The minimum absolute atomic E-state index is 0.341. The third-order valence-corrected chi connectivity index (χ3v) is 2.85. The Morgan fingerprint density at radius 1 is 1.06 bits per heavy atom. The summed E-state index contributed by atoms with van der Waals surface area (Å²) in [7, 11) is 0. The molecular formula is C12H8O4S. The fourth-order valence-corrected chi connectivity index (χ4v) is 2.18. The number of para-hydroxylation sites is 1. The standard InChI is InChI=1S/C12H8O4S/c13-17(14)16-11-7-3-6-10-12(11)8-4-1-2-5-9(8)15-10/h1-7H,(H,13,14). The second kappa shape index (κ2) is 3.87. The highest BCUT2D eigenvalue weighted by Gasteiger charge is 2.12. The van der Waals surface area contributed by atoms with Gasteiger partial charge in [-0.15, -0.1) is 0 Å². The Labute approximate surface area is 99.3 Å². The molecule has 0 amide bonds. The molecule has 0 bridgehead atoms. The molecule has 3 rings (SSSR count). The molecule has 2 aromatic carbocycles. The summed E-state index contributed by atoms with van der Waals surface area (Å²) in [6.45, 7) is 0. The van der Waals surface area contributed by atoms with E-state index in [2.05, 4.69) is 0 Å². The minimum atomic E-state index is -2.34. The number of furan rings is 1. The van der Waals surface area contributed by atoms with Crippen LogP contribution in [0, 0.1) is 0 Å². The van der Waals surface area contributed by atoms with Gasteiger partial charge in [-0.2, -0.15) is 4.21 Å². The van der Waals surface area contributed by atoms with E-state index >= 15 is 0 Å². The van der Waals surface area contributed by atoms with Crippen LogP contribution in [0.15, 0.2) is 46.9 Å². The molecule has 86 valence electrons. The van der Waals surface area contributed by atoms with Crippen molar-refractivity contribution < 1.29 is 17.4 Å². The van der Waals surface area contributed by atoms with Gasteiger partial charge in [0.05, 0.1) is 5.39 Å². The Kier molecular flexibility index (Phi) is 2.35. The predicted molar refractivity (Wildman–Crippen MR) is 65.1 cm³/mol. The number of rotatable bonds is 2. The molecule has 0 aliphatic carbocycles. The molecule has 3 aromatic rings. The number of fused-ring (bicyclic) bond motifs is 3. The molecule has 0 fully saturated rings. The third-order valence-electron chi connectivity index (χ3n) is 2.53. The van der Waals surface area contributed by atoms with E-state index < -0.39 is 11.4 Å². The first-order valence-corrected chi connectivity index (χ1v) is 5.98. The van der Waals surface area contributed by atoms with Gasteiger partial charge in [0, 0.05) is 5.39 Å². The van der Waals surface area contributed by atoms with Crippen LogP contribution in [-0.2, 0) is 11.4 Å². The van der Waals surface area contributed by atoms with Crippen LogP contribution in [0.3, 0.4) is 0 Å². The predicted octanol–water partition coefficient (Wildman–Crippen LogP) is 3.10. The van der Waals surface area contributed by atoms with Crippen molar-refractivity contribution in [2.45, 2.75) is 0 Å². The molecule has 1 N–H and O–H groups in total. The van der Waals surface area contributed by atoms with Crippen LogP contribution in [0.5, 0.6) is 5.75 Å². The lowest BCUT2D eigenvalue weighted by Gasteiger charge is -2.00. The maximum atomic E-state index is 10.7. The van der Waals surface area contributed by atoms with Gasteiger partial charge in [-0.05, 0) is 18.2 Å². The first-order chi connectivity index (χ1) is 8.25. The maximum absolute atomic E-state index is 10.7. The fraction of sp³-hybridized carbons (Fsp3) is 0. The van der Waals surface area contributed by atoms with Crippen LogP contribution in [-0.4, -0.2) is 8.76 Å². The fourth-order valence-electron chi connectivity index (χ4n) is 1.89. The van der Waals surface area contributed by atoms with Crippen molar-refractivity contribution in [3.63, 3.8) is 0 Å². The highest BCUT2D eigenvalue weighted by atomic mass is 32.2. The van der Waals surface area contributed by atoms with Gasteiger partial charge in [-0.3, -0.25) is 4.55 Å². The summed E-state index contributed by atoms with van der Waals surface area (Å²) in [6.07, 6.45) is 0. The van der Waals surface area contributed by atoms with E-state index in [1.807, 2.05) is 24.3 Å². The van der Waals surface area contributed by atoms with Crippen LogP contribution in [0.4, 0.5) is 0 Å². The summed E-state index contributed by atoms with van der Waals surface area (Å²) in [5, 5.41) is 1.58. The van der Waals surface area contributed by atoms with Crippen molar-refractivity contribution >= 4 is 33.3 Å². The van der Waals surface area contributed by atoms with Crippen LogP contribution in [0.1, 0.15) is 0 Å². The quantitative estimate of drug-likeness (QED) is 0.708. The molecule has 0 spiro atoms. The summed E-state index contributed by atoms with van der Waals surface area (Å²) in [6, 6.07) is 12.6. The van der Waals surface area contributed by atoms with Crippen molar-refractivity contribution in [3.8, 4) is 5.75 Å². The van der Waals surface area contributed by atoms with Gasteiger partial charge < -0.3 is 8.60 Å². The summed E-state index contributed by atoms with van der Waals surface area (Å²) < 4.78 is 30.0. The Bertz CT molecular complexity index is 717. The monoisotopic (exact) mass is 248 g/mol. The van der Waals surface area contributed by atoms with Crippen LogP contribution in [0.25, 0.3) is 21.9 Å². The minimum Gasteiger partial charge on any atom is -0.456 e. The highest BCUT2D eigenvalue weighted by molar-refractivity contribution is 7.74. The molecule has 0 saturated carbocycles. The normalized spacial score (nSPS) is 13.0. The second-order valence-electron chi connectivity index (χ2n) is 3.53. The van der Waals surface area contributed by atoms with Gasteiger partial charge in [0.25, 0.3) is 0 Å². The van der Waals surface area contributed by atoms with Gasteiger partial charge in [-0.25, -0.2) is 0 Å². The molecule has 0 aliphatic heterocycles. The molecule has 0 saturated heterocycles. The van der Waals surface area contributed by atoms with Crippen LogP contribution >= 0.6 is 0 Å². The number of hydrogen-bond acceptors (Lipinski definition) is 3. The third kappa shape index (κ3) is 1.69. The van der Waals surface area contributed by atoms with E-state index in [0.717, 1.165) is 11.0 Å². The molecule has 4 nitrogen and oxygen atoms in total. The SMILES string of the molecule is O=S(O)Oc1cccc2oc3ccccc3c12. The van der Waals surface area contributed by atoms with Crippen molar-refractivity contribution in [1.29, 1.82) is 0 Å². The summed E-state index contributed by atoms with van der Waals surface area (Å²) in [4.78, 5) is 0. The smallest absolute Gasteiger partial charge is 0.357 e. The van der Waals surface area contributed by atoms with Crippen LogP contribution < -0.4 is 4.18 Å². The zero-order chi connectivity index (χ0) is 11.8. The van der Waals surface area contributed by atoms with Gasteiger partial charge in [0.2, 0.25) is 0 Å². The molecule has 0 radical (unpaired) electrons. The molecular weight excluding hydrogens is 240 g/mol. The lowest BCUT2D eigenvalue weighted by molar-refractivity contribution is 0.460. The van der Waals surface area contributed by atoms with E-state index in [1.165, 1.54) is 0 Å². The first kappa shape index (κ1) is 10.3. The first-order valence-electron chi connectivity index (χ1n) is 4.95. The van der Waals surface area contributed by atoms with Crippen molar-refractivity contribution in [2.75, 3.05) is 0 Å². The summed E-state index contributed by atoms with van der Waals surface area (Å²) in [5.41, 5.74) is 1.36. The van der Waals surface area contributed by atoms with Gasteiger partial charge >= 0.3 is 11.4 Å². The van der Waals surface area contributed by atoms with E-state index in [9.17, 15) is 4.21 Å². The van der Waals surface area contributed by atoms with Gasteiger partial charge in [0.15, 0.2) is 5.75 Å². The highest BCUT2D eigenvalue weighted by Crippen LogP contribution is 2.35. The van der Waals surface area contributed by atoms with Crippen molar-refractivity contribution in [1.82, 2.24) is 0 Å². The Hall–Kier alpha value is -1.85. The lowest BCUT2D eigenvalue weighted by atomic mass is 10.1. The van der Waals surface area contributed by atoms with E-state index in [1.54, 1.807) is 18.2 Å². The topological polar surface area (TPSA) is 59.7 Å². The molecule has 0 aliphatic rings. The van der Waals surface area contributed by atoms with Crippen molar-refractivity contribution in [3.05, 3.63) is 42.5 Å². The second-order valence-corrected chi connectivity index (χ2v) is 4.13. The molecule has 1 aromatic heterocycles. The zero-order valence-electron chi connectivity index (χ0n) is 8.62. The van der Waals surface area contributed by atoms with Gasteiger partial charge in [0.1, 0.15) is 11.2 Å². The van der Waals surface area contributed by atoms with Gasteiger partial charge in [-0.1, -0.05) is 24.3 Å². The molecule has 1 unspecified atom stereocenters. The maximum Gasteiger partial charge on any atom is 0.357 e. The Morgan fingerprint density at radius 3 is 2.65 bits per heavy atom. The zero-order valence-corrected chi connectivity index (χ0v) is 9.44.